The van der Waals surface area contributed by atoms with Crippen LogP contribution < -0.4 is 0 Å². The number of nitriles is 1. The van der Waals surface area contributed by atoms with Gasteiger partial charge in [-0.3, -0.25) is 0 Å². The number of ether oxygens (including phenoxy) is 1. The van der Waals surface area contributed by atoms with Crippen LogP contribution in [0.25, 0.3) is 6.08 Å². The molecule has 1 aromatic carbocycles. The van der Waals surface area contributed by atoms with E-state index in [-0.39, 0.29) is 28.8 Å². The molecule has 0 radical (unpaired) electrons. The van der Waals surface area contributed by atoms with Gasteiger partial charge in [0.05, 0.1) is 0 Å². The Morgan fingerprint density at radius 2 is 1.68 bits per heavy atom. The standard InChI is InChI=1S/C21H27NO3/c1-8-9-25-19(24)15(13-22)10-14-11-16(20(2,3)4)18(23)17(12-14)21(5,6)7/h8,10-12,23H,1,9H2,2-7H3/b15-10+. The summed E-state index contributed by atoms with van der Waals surface area (Å²) in [6.07, 6.45) is 2.94. The molecule has 0 saturated carbocycles. The number of hydrogen-bond donors (Lipinski definition) is 1. The third-order valence-corrected chi connectivity index (χ3v) is 3.73. The van der Waals surface area contributed by atoms with E-state index in [0.717, 1.165) is 11.1 Å². The van der Waals surface area contributed by atoms with Gasteiger partial charge < -0.3 is 9.84 Å². The van der Waals surface area contributed by atoms with E-state index in [2.05, 4.69) is 6.58 Å². The molecule has 4 heteroatoms. The fourth-order valence-corrected chi connectivity index (χ4v) is 2.40. The maximum absolute atomic E-state index is 12.0. The van der Waals surface area contributed by atoms with Crippen molar-refractivity contribution in [3.8, 4) is 11.8 Å². The molecule has 0 aliphatic carbocycles. The molecule has 0 atom stereocenters. The van der Waals surface area contributed by atoms with Gasteiger partial charge in [0.15, 0.2) is 0 Å². The number of aromatic hydroxyl groups is 1. The summed E-state index contributed by atoms with van der Waals surface area (Å²) in [5.41, 5.74) is 1.55. The zero-order valence-corrected chi connectivity index (χ0v) is 15.9. The third-order valence-electron chi connectivity index (χ3n) is 3.73. The first kappa shape index (κ1) is 20.5. The molecule has 0 amide bonds. The molecule has 0 aromatic heterocycles. The zero-order chi connectivity index (χ0) is 19.4. The second-order valence-electron chi connectivity index (χ2n) is 8.02. The summed E-state index contributed by atoms with van der Waals surface area (Å²) >= 11 is 0. The Labute approximate surface area is 150 Å². The average molecular weight is 341 g/mol. The Bertz CT molecular complexity index is 703. The molecule has 0 spiro atoms. The van der Waals surface area contributed by atoms with Crippen LogP contribution in [0.15, 0.2) is 30.4 Å². The normalized spacial score (nSPS) is 12.4. The van der Waals surface area contributed by atoms with Crippen LogP contribution in [0.5, 0.6) is 5.75 Å². The van der Waals surface area contributed by atoms with Gasteiger partial charge in [0, 0.05) is 11.1 Å². The smallest absolute Gasteiger partial charge is 0.349 e. The predicted octanol–water partition coefficient (Wildman–Crippen LogP) is 4.62. The summed E-state index contributed by atoms with van der Waals surface area (Å²) in [6.45, 7) is 15.6. The first-order valence-corrected chi connectivity index (χ1v) is 8.19. The molecule has 134 valence electrons. The molecule has 25 heavy (non-hydrogen) atoms. The summed E-state index contributed by atoms with van der Waals surface area (Å²) in [7, 11) is 0. The van der Waals surface area contributed by atoms with Crippen LogP contribution in [-0.2, 0) is 20.4 Å². The highest BCUT2D eigenvalue weighted by Crippen LogP contribution is 2.40. The van der Waals surface area contributed by atoms with Crippen molar-refractivity contribution >= 4 is 12.0 Å². The van der Waals surface area contributed by atoms with Crippen LogP contribution in [0.1, 0.15) is 58.2 Å². The molecule has 1 aromatic rings. The largest absolute Gasteiger partial charge is 0.507 e. The highest BCUT2D eigenvalue weighted by Gasteiger charge is 2.26. The van der Waals surface area contributed by atoms with Crippen molar-refractivity contribution in [3.05, 3.63) is 47.1 Å². The van der Waals surface area contributed by atoms with E-state index in [9.17, 15) is 15.2 Å². The maximum atomic E-state index is 12.0. The molecular weight excluding hydrogens is 314 g/mol. The number of nitrogens with zero attached hydrogens (tertiary/aromatic N) is 1. The highest BCUT2D eigenvalue weighted by atomic mass is 16.5. The van der Waals surface area contributed by atoms with E-state index in [4.69, 9.17) is 4.74 Å². The number of phenolic OH excluding ortho intramolecular Hbond substituents is 1. The van der Waals surface area contributed by atoms with Crippen LogP contribution in [-0.4, -0.2) is 17.7 Å². The van der Waals surface area contributed by atoms with Gasteiger partial charge in [0.1, 0.15) is 24.0 Å². The number of rotatable bonds is 4. The quantitative estimate of drug-likeness (QED) is 0.375. The number of benzene rings is 1. The summed E-state index contributed by atoms with van der Waals surface area (Å²) < 4.78 is 4.94. The lowest BCUT2D eigenvalue weighted by molar-refractivity contribution is -0.137. The molecule has 0 heterocycles. The lowest BCUT2D eigenvalue weighted by atomic mass is 9.78. The van der Waals surface area contributed by atoms with Crippen LogP contribution >= 0.6 is 0 Å². The molecule has 0 aliphatic heterocycles. The Morgan fingerprint density at radius 3 is 2.04 bits per heavy atom. The molecule has 0 saturated heterocycles. The number of phenols is 1. The second kappa shape index (κ2) is 7.57. The summed E-state index contributed by atoms with van der Waals surface area (Å²) in [4.78, 5) is 12.0. The van der Waals surface area contributed by atoms with Crippen LogP contribution in [0, 0.1) is 11.3 Å². The van der Waals surface area contributed by atoms with E-state index in [0.29, 0.717) is 5.56 Å². The number of hydrogen-bond acceptors (Lipinski definition) is 4. The Morgan fingerprint density at radius 1 is 1.20 bits per heavy atom. The lowest BCUT2D eigenvalue weighted by Gasteiger charge is -2.27. The van der Waals surface area contributed by atoms with Crippen molar-refractivity contribution in [1.29, 1.82) is 5.26 Å². The van der Waals surface area contributed by atoms with Crippen LogP contribution in [0.4, 0.5) is 0 Å². The highest BCUT2D eigenvalue weighted by molar-refractivity contribution is 5.98. The summed E-state index contributed by atoms with van der Waals surface area (Å²) in [5, 5.41) is 20.0. The van der Waals surface area contributed by atoms with Gasteiger partial charge in [-0.25, -0.2) is 4.79 Å². The van der Waals surface area contributed by atoms with Gasteiger partial charge in [-0.2, -0.15) is 5.26 Å². The van der Waals surface area contributed by atoms with E-state index < -0.39 is 5.97 Å². The molecular formula is C21H27NO3. The minimum Gasteiger partial charge on any atom is -0.507 e. The van der Waals surface area contributed by atoms with Crippen molar-refractivity contribution in [2.75, 3.05) is 6.61 Å². The predicted molar refractivity (Wildman–Crippen MR) is 100 cm³/mol. The monoisotopic (exact) mass is 341 g/mol. The van der Waals surface area contributed by atoms with Crippen molar-refractivity contribution in [3.63, 3.8) is 0 Å². The third kappa shape index (κ3) is 5.22. The minimum absolute atomic E-state index is 0.0495. The zero-order valence-electron chi connectivity index (χ0n) is 15.9. The minimum atomic E-state index is -0.690. The average Bonchev–Trinajstić information content (AvgIpc) is 2.49. The van der Waals surface area contributed by atoms with E-state index >= 15 is 0 Å². The topological polar surface area (TPSA) is 70.3 Å². The fraction of sp³-hybridized carbons (Fsp3) is 0.429. The molecule has 0 unspecified atom stereocenters. The van der Waals surface area contributed by atoms with Gasteiger partial charge >= 0.3 is 5.97 Å². The van der Waals surface area contributed by atoms with Crippen molar-refractivity contribution in [2.45, 2.75) is 52.4 Å². The summed E-state index contributed by atoms with van der Waals surface area (Å²) in [6, 6.07) is 5.50. The molecule has 0 aliphatic rings. The van der Waals surface area contributed by atoms with Gasteiger partial charge in [0.2, 0.25) is 0 Å². The Hall–Kier alpha value is -2.54. The molecule has 0 fully saturated rings. The van der Waals surface area contributed by atoms with Crippen LogP contribution in [0.2, 0.25) is 0 Å². The van der Waals surface area contributed by atoms with Crippen molar-refractivity contribution < 1.29 is 14.6 Å². The number of carbonyl (C=O) groups is 1. The second-order valence-corrected chi connectivity index (χ2v) is 8.02. The summed E-state index contributed by atoms with van der Waals surface area (Å²) in [5.74, 6) is -0.435. The van der Waals surface area contributed by atoms with Crippen molar-refractivity contribution in [2.24, 2.45) is 0 Å². The molecule has 4 nitrogen and oxygen atoms in total. The van der Waals surface area contributed by atoms with Gasteiger partial charge in [-0.05, 0) is 34.6 Å². The van der Waals surface area contributed by atoms with Crippen LogP contribution in [0.3, 0.4) is 0 Å². The van der Waals surface area contributed by atoms with E-state index in [1.54, 1.807) is 0 Å². The molecule has 0 bridgehead atoms. The van der Waals surface area contributed by atoms with Gasteiger partial charge in [-0.15, -0.1) is 0 Å². The first-order chi connectivity index (χ1) is 11.4. The van der Waals surface area contributed by atoms with Gasteiger partial charge in [-0.1, -0.05) is 54.2 Å². The first-order valence-electron chi connectivity index (χ1n) is 8.19. The Balaban J connectivity index is 3.55. The van der Waals surface area contributed by atoms with E-state index in [1.807, 2.05) is 59.7 Å². The maximum Gasteiger partial charge on any atom is 0.349 e. The SMILES string of the molecule is C=CCOC(=O)/C(C#N)=C/c1cc(C(C)(C)C)c(O)c(C(C)(C)C)c1. The van der Waals surface area contributed by atoms with E-state index in [1.165, 1.54) is 12.2 Å². The Kier molecular flexibility index (Phi) is 6.20. The van der Waals surface area contributed by atoms with Gasteiger partial charge in [0.25, 0.3) is 0 Å². The number of esters is 1. The number of carbonyl (C=O) groups excluding carboxylic acids is 1. The fourth-order valence-electron chi connectivity index (χ4n) is 2.40. The molecule has 1 N–H and O–H groups in total. The molecule has 1 rings (SSSR count). The lowest BCUT2D eigenvalue weighted by Crippen LogP contribution is -2.17. The van der Waals surface area contributed by atoms with Crippen molar-refractivity contribution in [1.82, 2.24) is 0 Å².